The van der Waals surface area contributed by atoms with Gasteiger partial charge in [0.15, 0.2) is 9.84 Å². The minimum absolute atomic E-state index is 0.0359. The van der Waals surface area contributed by atoms with E-state index in [4.69, 9.17) is 0 Å². The van der Waals surface area contributed by atoms with Gasteiger partial charge in [-0.2, -0.15) is 0 Å². The molecule has 0 spiro atoms. The van der Waals surface area contributed by atoms with Gasteiger partial charge in [0.05, 0.1) is 22.9 Å². The number of hydrogen-bond donors (Lipinski definition) is 2. The Labute approximate surface area is 137 Å². The summed E-state index contributed by atoms with van der Waals surface area (Å²) in [6, 6.07) is 7.13. The van der Waals surface area contributed by atoms with Crippen molar-refractivity contribution < 1.29 is 13.2 Å². The van der Waals surface area contributed by atoms with Crippen LogP contribution in [0.1, 0.15) is 25.7 Å². The highest BCUT2D eigenvalue weighted by Crippen LogP contribution is 2.28. The van der Waals surface area contributed by atoms with Gasteiger partial charge >= 0.3 is 6.03 Å². The van der Waals surface area contributed by atoms with Crippen molar-refractivity contribution in [2.24, 2.45) is 0 Å². The molecule has 2 aliphatic heterocycles. The van der Waals surface area contributed by atoms with Crippen molar-refractivity contribution in [1.29, 1.82) is 0 Å². The quantitative estimate of drug-likeness (QED) is 0.884. The van der Waals surface area contributed by atoms with Crippen LogP contribution in [0, 0.1) is 0 Å². The summed E-state index contributed by atoms with van der Waals surface area (Å²) in [6.07, 6.45) is 4.08. The van der Waals surface area contributed by atoms with Gasteiger partial charge in [0, 0.05) is 19.1 Å². The van der Waals surface area contributed by atoms with Crippen LogP contribution in [0.5, 0.6) is 0 Å². The molecule has 0 radical (unpaired) electrons. The highest BCUT2D eigenvalue weighted by molar-refractivity contribution is 7.91. The average molecular weight is 337 g/mol. The number of para-hydroxylation sites is 2. The van der Waals surface area contributed by atoms with Gasteiger partial charge in [-0.05, 0) is 37.8 Å². The fourth-order valence-electron chi connectivity index (χ4n) is 3.24. The Hall–Kier alpha value is -1.76. The van der Waals surface area contributed by atoms with Crippen molar-refractivity contribution in [2.75, 3.05) is 34.8 Å². The summed E-state index contributed by atoms with van der Waals surface area (Å²) >= 11 is 0. The number of piperidine rings is 1. The molecular formula is C16H23N3O3S. The fourth-order valence-corrected chi connectivity index (χ4v) is 4.92. The third kappa shape index (κ3) is 4.16. The number of amides is 2. The third-order valence-electron chi connectivity index (χ3n) is 4.42. The summed E-state index contributed by atoms with van der Waals surface area (Å²) in [5.41, 5.74) is 1.80. The Morgan fingerprint density at radius 3 is 2.57 bits per heavy atom. The van der Waals surface area contributed by atoms with Crippen LogP contribution < -0.4 is 15.5 Å². The Bertz CT molecular complexity index is 669. The van der Waals surface area contributed by atoms with Gasteiger partial charge in [-0.1, -0.05) is 12.1 Å². The fraction of sp³-hybridized carbons (Fsp3) is 0.562. The number of anilines is 2. The molecule has 23 heavy (non-hydrogen) atoms. The van der Waals surface area contributed by atoms with Gasteiger partial charge in [-0.15, -0.1) is 0 Å². The SMILES string of the molecule is O=C(Nc1ccccc1N1CCCCC1)NC1CCS(=O)(=O)C1. The summed E-state index contributed by atoms with van der Waals surface area (Å²) in [5.74, 6) is 0.191. The molecule has 0 bridgehead atoms. The molecule has 0 saturated carbocycles. The maximum Gasteiger partial charge on any atom is 0.319 e. The maximum atomic E-state index is 12.2. The summed E-state index contributed by atoms with van der Waals surface area (Å²) in [6.45, 7) is 2.00. The van der Waals surface area contributed by atoms with Crippen LogP contribution in [0.2, 0.25) is 0 Å². The van der Waals surface area contributed by atoms with E-state index in [0.717, 1.165) is 24.5 Å². The molecule has 2 N–H and O–H groups in total. The lowest BCUT2D eigenvalue weighted by Gasteiger charge is -2.30. The lowest BCUT2D eigenvalue weighted by Crippen LogP contribution is -2.39. The molecule has 2 fully saturated rings. The van der Waals surface area contributed by atoms with E-state index in [1.165, 1.54) is 19.3 Å². The van der Waals surface area contributed by atoms with Crippen LogP contribution in [0.4, 0.5) is 16.2 Å². The zero-order chi connectivity index (χ0) is 16.3. The standard InChI is InChI=1S/C16H23N3O3S/c20-16(17-13-8-11-23(21,22)12-13)18-14-6-2-3-7-15(14)19-9-4-1-5-10-19/h2-3,6-7,13H,1,4-5,8-12H2,(H2,17,18,20). The van der Waals surface area contributed by atoms with Crippen molar-refractivity contribution in [3.05, 3.63) is 24.3 Å². The summed E-state index contributed by atoms with van der Waals surface area (Å²) in [5, 5.41) is 5.64. The van der Waals surface area contributed by atoms with E-state index < -0.39 is 9.84 Å². The lowest BCUT2D eigenvalue weighted by molar-refractivity contribution is 0.249. The lowest BCUT2D eigenvalue weighted by atomic mass is 10.1. The van der Waals surface area contributed by atoms with E-state index in [0.29, 0.717) is 6.42 Å². The van der Waals surface area contributed by atoms with Crippen LogP contribution >= 0.6 is 0 Å². The molecule has 2 saturated heterocycles. The number of urea groups is 1. The first kappa shape index (κ1) is 16.1. The molecular weight excluding hydrogens is 314 g/mol. The molecule has 126 valence electrons. The van der Waals surface area contributed by atoms with E-state index >= 15 is 0 Å². The van der Waals surface area contributed by atoms with E-state index in [2.05, 4.69) is 15.5 Å². The predicted molar refractivity (Wildman–Crippen MR) is 91.7 cm³/mol. The molecule has 6 nitrogen and oxygen atoms in total. The molecule has 0 aromatic heterocycles. The highest BCUT2D eigenvalue weighted by atomic mass is 32.2. The van der Waals surface area contributed by atoms with Crippen molar-refractivity contribution in [3.8, 4) is 0 Å². The predicted octanol–water partition coefficient (Wildman–Crippen LogP) is 1.99. The van der Waals surface area contributed by atoms with Crippen LogP contribution in [0.3, 0.4) is 0 Å². The first-order chi connectivity index (χ1) is 11.0. The van der Waals surface area contributed by atoms with Gasteiger partial charge in [0.25, 0.3) is 0 Å². The van der Waals surface area contributed by atoms with E-state index in [1.807, 2.05) is 24.3 Å². The van der Waals surface area contributed by atoms with Gasteiger partial charge < -0.3 is 15.5 Å². The van der Waals surface area contributed by atoms with Gasteiger partial charge in [0.1, 0.15) is 0 Å². The van der Waals surface area contributed by atoms with Crippen molar-refractivity contribution in [2.45, 2.75) is 31.7 Å². The van der Waals surface area contributed by atoms with Gasteiger partial charge in [-0.3, -0.25) is 0 Å². The van der Waals surface area contributed by atoms with E-state index in [-0.39, 0.29) is 23.6 Å². The second-order valence-electron chi connectivity index (χ2n) is 6.26. The smallest absolute Gasteiger partial charge is 0.319 e. The topological polar surface area (TPSA) is 78.5 Å². The summed E-state index contributed by atoms with van der Waals surface area (Å²) in [4.78, 5) is 14.5. The number of benzene rings is 1. The minimum atomic E-state index is -2.99. The monoisotopic (exact) mass is 337 g/mol. The van der Waals surface area contributed by atoms with Crippen molar-refractivity contribution in [3.63, 3.8) is 0 Å². The zero-order valence-corrected chi connectivity index (χ0v) is 13.9. The molecule has 2 aliphatic rings. The Balaban J connectivity index is 1.64. The van der Waals surface area contributed by atoms with Crippen LogP contribution in [-0.4, -0.2) is 45.1 Å². The highest BCUT2D eigenvalue weighted by Gasteiger charge is 2.29. The maximum absolute atomic E-state index is 12.2. The first-order valence-corrected chi connectivity index (χ1v) is 9.97. The Morgan fingerprint density at radius 1 is 1.13 bits per heavy atom. The third-order valence-corrected chi connectivity index (χ3v) is 6.18. The van der Waals surface area contributed by atoms with Crippen LogP contribution in [-0.2, 0) is 9.84 Å². The number of sulfone groups is 1. The van der Waals surface area contributed by atoms with E-state index in [9.17, 15) is 13.2 Å². The number of rotatable bonds is 3. The van der Waals surface area contributed by atoms with Gasteiger partial charge in [0.2, 0.25) is 0 Å². The largest absolute Gasteiger partial charge is 0.370 e. The number of nitrogens with one attached hydrogen (secondary N) is 2. The molecule has 3 rings (SSSR count). The number of nitrogens with zero attached hydrogens (tertiary/aromatic N) is 1. The minimum Gasteiger partial charge on any atom is -0.370 e. The summed E-state index contributed by atoms with van der Waals surface area (Å²) < 4.78 is 22.9. The van der Waals surface area contributed by atoms with Crippen molar-refractivity contribution >= 4 is 27.2 Å². The molecule has 2 amide bonds. The second-order valence-corrected chi connectivity index (χ2v) is 8.49. The molecule has 0 aliphatic carbocycles. The Kier molecular flexibility index (Phi) is 4.75. The van der Waals surface area contributed by atoms with E-state index in [1.54, 1.807) is 0 Å². The zero-order valence-electron chi connectivity index (χ0n) is 13.1. The molecule has 7 heteroatoms. The molecule has 1 unspecified atom stereocenters. The normalized spacial score (nSPS) is 23.5. The molecule has 2 heterocycles. The van der Waals surface area contributed by atoms with Gasteiger partial charge in [-0.25, -0.2) is 13.2 Å². The first-order valence-electron chi connectivity index (χ1n) is 8.15. The molecule has 1 aromatic carbocycles. The average Bonchev–Trinajstić information content (AvgIpc) is 2.87. The number of hydrogen-bond acceptors (Lipinski definition) is 4. The second kappa shape index (κ2) is 6.78. The molecule has 1 aromatic rings. The number of carbonyl (C=O) groups is 1. The van der Waals surface area contributed by atoms with Crippen LogP contribution in [0.15, 0.2) is 24.3 Å². The number of carbonyl (C=O) groups excluding carboxylic acids is 1. The van der Waals surface area contributed by atoms with Crippen molar-refractivity contribution in [1.82, 2.24) is 5.32 Å². The van der Waals surface area contributed by atoms with Crippen LogP contribution in [0.25, 0.3) is 0 Å². The Morgan fingerprint density at radius 2 is 1.87 bits per heavy atom. The summed E-state index contributed by atoms with van der Waals surface area (Å²) in [7, 11) is -2.99. The molecule has 1 atom stereocenters.